The number of carbonyl (C=O) groups excluding carboxylic acids is 3. The summed E-state index contributed by atoms with van der Waals surface area (Å²) in [6, 6.07) is 17.0. The number of rotatable bonds is 23. The number of benzene rings is 3. The normalized spacial score (nSPS) is 21.6. The Morgan fingerprint density at radius 2 is 0.855 bits per heavy atom. The molecular weight excluding hydrogens is 1770 g/mol. The van der Waals surface area contributed by atoms with Crippen molar-refractivity contribution < 1.29 is 68.1 Å². The number of nitrogens with zero attached hydrogens (tertiary/aromatic N) is 22. The van der Waals surface area contributed by atoms with Crippen LogP contribution in [0.3, 0.4) is 0 Å². The first kappa shape index (κ1) is 97.8. The summed E-state index contributed by atoms with van der Waals surface area (Å²) in [5, 5.41) is 17.8. The van der Waals surface area contributed by atoms with Crippen LogP contribution in [0.4, 0.5) is 74.0 Å². The van der Waals surface area contributed by atoms with E-state index in [0.717, 1.165) is 68.4 Å². The van der Waals surface area contributed by atoms with Crippen LogP contribution >= 0.6 is 34.8 Å². The van der Waals surface area contributed by atoms with E-state index >= 15 is 0 Å². The van der Waals surface area contributed by atoms with Gasteiger partial charge in [0.1, 0.15) is 43.3 Å². The van der Waals surface area contributed by atoms with Crippen LogP contribution in [0.1, 0.15) is 102 Å². The van der Waals surface area contributed by atoms with E-state index in [1.165, 1.54) is 66.7 Å². The van der Waals surface area contributed by atoms with Gasteiger partial charge in [-0.05, 0) is 154 Å². The minimum atomic E-state index is -4.62. The quantitative estimate of drug-likeness (QED) is 0.0328. The number of hydrogen-bond acceptors (Lipinski definition) is 24. The topological polar surface area (TPSA) is 250 Å². The summed E-state index contributed by atoms with van der Waals surface area (Å²) in [7, 11) is 9.99. The van der Waals surface area contributed by atoms with Crippen LogP contribution in [0.25, 0.3) is 4.85 Å². The number of hydrogen-bond donors (Lipinski definition) is 0. The Labute approximate surface area is 772 Å². The van der Waals surface area contributed by atoms with Crippen LogP contribution in [0.15, 0.2) is 92.1 Å². The number of anilines is 6. The van der Waals surface area contributed by atoms with Gasteiger partial charge in [0.2, 0.25) is 24.3 Å². The van der Waals surface area contributed by atoms with Gasteiger partial charge in [0.15, 0.2) is 0 Å². The molecule has 3 aromatic heterocycles. The van der Waals surface area contributed by atoms with Crippen LogP contribution in [0.5, 0.6) is 18.0 Å². The zero-order valence-electron chi connectivity index (χ0n) is 74.1. The molecule has 0 bridgehead atoms. The van der Waals surface area contributed by atoms with Gasteiger partial charge < -0.3 is 77.9 Å². The third-order valence-corrected chi connectivity index (χ3v) is 26.5. The molecule has 0 spiro atoms. The summed E-state index contributed by atoms with van der Waals surface area (Å²) >= 11 is 18.1. The molecule has 0 unspecified atom stereocenters. The van der Waals surface area contributed by atoms with Crippen molar-refractivity contribution in [3.8, 4) is 30.2 Å². The van der Waals surface area contributed by atoms with Crippen molar-refractivity contribution in [3.63, 3.8) is 0 Å². The van der Waals surface area contributed by atoms with Crippen molar-refractivity contribution in [2.75, 3.05) is 196 Å². The monoisotopic (exact) mass is 1880 g/mol. The molecule has 3 amide bonds. The number of amides is 3. The molecule has 9 aliphatic rings. The van der Waals surface area contributed by atoms with Crippen molar-refractivity contribution in [1.29, 1.82) is 10.5 Å². The number of piperazine rings is 3. The van der Waals surface area contributed by atoms with Gasteiger partial charge in [0.25, 0.3) is 0 Å². The number of aromatic nitrogens is 6. The van der Waals surface area contributed by atoms with Crippen LogP contribution < -0.4 is 43.6 Å². The molecule has 9 aliphatic heterocycles. The van der Waals surface area contributed by atoms with Crippen LogP contribution in [-0.2, 0) is 71.8 Å². The van der Waals surface area contributed by atoms with Gasteiger partial charge in [0, 0.05) is 133 Å². The van der Waals surface area contributed by atoms with E-state index in [0.29, 0.717) is 165 Å². The molecular formula is C91H108Cl3F9N22O6. The number of fused-ring (bicyclic) bond motifs is 3. The van der Waals surface area contributed by atoms with Gasteiger partial charge in [-0.1, -0.05) is 79.2 Å². The highest BCUT2D eigenvalue weighted by Crippen LogP contribution is 2.48. The molecule has 0 radical (unpaired) electrons. The number of likely N-dealkylation sites (N-methyl/N-ethyl adjacent to an activating group) is 4. The standard InChI is InChI=1S/C32H40ClF3N8O2.C30H35ClF3N7O2.C29H33ClF3N7O2/c1-37-18-23-19-43(16-17-44(23)28(45)11-7-13-40(2)3)30-24-12-15-42(27-10-5-9-25(33)29(27)32(34,35)36)20-26(24)38-31(39-30)46-21-22-8-6-14-41(22)4;1-4-26(42)41-13-12-40(16-20(41)8-10-35)28-22-9-11-39(25-7-5-6-23(31)27(25)30(32,33)34)17-24(22)36-29(37-28)43-18-21-14-19(2)15-38(21)3;1-3-25(41)40-15-14-39(16-19(40)9-11-34)27-21-10-13-38(24-8-4-7-22(30)26(24)29(31,32)33)17-23(21)35-28(36-27)42-18-20-6-5-12-37(20)2/h5,7,9-11,22-23H,6,8,12-21H2,2-4H3;4-7,19-21H,1,8-9,11-18H2,2-3H3;3-4,7-8,19-20H,1,5-6,9-10,12-18H2,2H3/b11-7+;;/t22-,23-;19-,20+,21+;19-,20-/m010/s1. The fourth-order valence-corrected chi connectivity index (χ4v) is 19.7. The van der Waals surface area contributed by atoms with Crippen molar-refractivity contribution >= 4 is 87.0 Å². The average molecular weight is 1880 g/mol. The minimum Gasteiger partial charge on any atom is -0.462 e. The maximum Gasteiger partial charge on any atom is 0.419 e. The number of alkyl halides is 9. The Morgan fingerprint density at radius 1 is 0.496 bits per heavy atom. The number of carbonyl (C=O) groups is 3. The maximum absolute atomic E-state index is 14.1. The second-order valence-corrected chi connectivity index (χ2v) is 35.8. The van der Waals surface area contributed by atoms with E-state index in [-0.39, 0.29) is 143 Å². The molecule has 6 saturated heterocycles. The summed E-state index contributed by atoms with van der Waals surface area (Å²) in [5.41, 5.74) is 1.64. The third-order valence-electron chi connectivity index (χ3n) is 25.6. The Morgan fingerprint density at radius 3 is 1.17 bits per heavy atom. The molecule has 0 N–H and O–H groups in total. The lowest BCUT2D eigenvalue weighted by molar-refractivity contribution is -0.137. The van der Waals surface area contributed by atoms with Crippen molar-refractivity contribution in [2.45, 2.75) is 146 Å². The van der Waals surface area contributed by atoms with E-state index < -0.39 is 35.2 Å². The molecule has 40 heteroatoms. The van der Waals surface area contributed by atoms with Gasteiger partial charge in [-0.2, -0.15) is 79.9 Å². The molecule has 6 aromatic rings. The number of nitriles is 2. The molecule has 3 aromatic carbocycles. The van der Waals surface area contributed by atoms with Crippen LogP contribution in [0.2, 0.25) is 15.1 Å². The molecule has 0 saturated carbocycles. The van der Waals surface area contributed by atoms with Crippen molar-refractivity contribution in [1.82, 2.24) is 64.2 Å². The Hall–Kier alpha value is -10.7. The lowest BCUT2D eigenvalue weighted by Crippen LogP contribution is -2.56. The summed E-state index contributed by atoms with van der Waals surface area (Å²) < 4.78 is 145. The summed E-state index contributed by atoms with van der Waals surface area (Å²) in [6.07, 6.45) is -1.40. The van der Waals surface area contributed by atoms with E-state index in [1.54, 1.807) is 35.5 Å². The Balaban J connectivity index is 0.000000167. The number of ether oxygens (including phenoxy) is 3. The lowest BCUT2D eigenvalue weighted by atomic mass is 10.0. The highest BCUT2D eigenvalue weighted by atomic mass is 35.5. The second kappa shape index (κ2) is 42.9. The molecule has 6 fully saturated rings. The average Bonchev–Trinajstić information content (AvgIpc) is 1.07. The van der Waals surface area contributed by atoms with Gasteiger partial charge in [-0.3, -0.25) is 19.3 Å². The first-order valence-corrected chi connectivity index (χ1v) is 45.0. The zero-order chi connectivity index (χ0) is 93.9. The number of halogens is 12. The fourth-order valence-electron chi connectivity index (χ4n) is 18.9. The third kappa shape index (κ3) is 23.3. The Kier molecular flexibility index (Phi) is 32.0. The van der Waals surface area contributed by atoms with E-state index in [1.807, 2.05) is 41.9 Å². The molecule has 702 valence electrons. The van der Waals surface area contributed by atoms with E-state index in [9.17, 15) is 64.4 Å². The van der Waals surface area contributed by atoms with Crippen molar-refractivity contribution in [2.24, 2.45) is 5.92 Å². The summed E-state index contributed by atoms with van der Waals surface area (Å²) in [6.45, 7) is 26.7. The molecule has 12 heterocycles. The summed E-state index contributed by atoms with van der Waals surface area (Å²) in [4.78, 5) is 95.0. The molecule has 0 aliphatic carbocycles. The molecule has 28 nitrogen and oxygen atoms in total. The predicted molar refractivity (Wildman–Crippen MR) is 481 cm³/mol. The van der Waals surface area contributed by atoms with E-state index in [4.69, 9.17) is 85.5 Å². The van der Waals surface area contributed by atoms with E-state index in [2.05, 4.69) is 70.8 Å². The van der Waals surface area contributed by atoms with Gasteiger partial charge in [-0.25, -0.2) is 6.57 Å². The first-order valence-electron chi connectivity index (χ1n) is 43.9. The van der Waals surface area contributed by atoms with Gasteiger partial charge in [0.05, 0.1) is 123 Å². The zero-order valence-corrected chi connectivity index (χ0v) is 76.4. The lowest BCUT2D eigenvalue weighted by Gasteiger charge is -2.42. The highest BCUT2D eigenvalue weighted by Gasteiger charge is 2.45. The maximum atomic E-state index is 14.1. The SMILES string of the molecule is C=CC(=O)N1CCN(c2nc(OC[C@@H]3CCCN3C)nc3c2CCN(c2cccc(Cl)c2C(F)(F)F)C3)C[C@@H]1CC#N.C=CC(=O)N1CCN(c2nc(OC[C@@H]3C[C@@H](C)CN3C)nc3c2CCN(c2cccc(Cl)c2C(F)(F)F)C3)C[C@@H]1CC#N.[C-]#[N+]C[C@H]1CN(c2nc(OC[C@@H]3CCCN3C)nc3c2CCN(c2cccc(Cl)c2C(F)(F)F)C3)CCN1C(=O)/C=C/CN(C)C. The molecule has 7 atom stereocenters. The summed E-state index contributed by atoms with van der Waals surface area (Å²) in [5.74, 6) is 1.84. The molecule has 15 rings (SSSR count). The van der Waals surface area contributed by atoms with Gasteiger partial charge >= 0.3 is 36.6 Å². The first-order chi connectivity index (χ1) is 62.5. The highest BCUT2D eigenvalue weighted by molar-refractivity contribution is 6.32. The predicted octanol–water partition coefficient (Wildman–Crippen LogP) is 13.1. The van der Waals surface area contributed by atoms with Crippen LogP contribution in [0, 0.1) is 35.2 Å². The Bertz CT molecular complexity index is 5290. The molecule has 131 heavy (non-hydrogen) atoms. The second-order valence-electron chi connectivity index (χ2n) is 34.6. The van der Waals surface area contributed by atoms with Gasteiger partial charge in [-0.15, -0.1) is 0 Å². The van der Waals surface area contributed by atoms with Crippen LogP contribution in [-0.4, -0.2) is 284 Å². The number of likely N-dealkylation sites (tertiary alicyclic amines) is 3. The smallest absolute Gasteiger partial charge is 0.419 e. The van der Waals surface area contributed by atoms with Crippen molar-refractivity contribution in [3.05, 3.63) is 169 Å². The minimum absolute atomic E-state index is 0.000449. The fraction of sp³-hybridized carbons (Fsp3) is 0.538. The largest absolute Gasteiger partial charge is 0.462 e.